The third-order valence-electron chi connectivity index (χ3n) is 6.33. The van der Waals surface area contributed by atoms with Crippen molar-refractivity contribution in [3.63, 3.8) is 0 Å². The van der Waals surface area contributed by atoms with E-state index < -0.39 is 14.2 Å². The zero-order valence-electron chi connectivity index (χ0n) is 18.2. The third-order valence-corrected chi connectivity index (χ3v) is 7.59. The second-order valence-corrected chi connectivity index (χ2v) is 9.29. The number of hydrogen-bond acceptors (Lipinski definition) is 3. The molecule has 6 rings (SSSR count). The Hall–Kier alpha value is -3.23. The van der Waals surface area contributed by atoms with Crippen molar-refractivity contribution in [1.82, 2.24) is 0 Å². The lowest BCUT2D eigenvalue weighted by Crippen LogP contribution is -2.36. The Kier molecular flexibility index (Phi) is 5.11. The van der Waals surface area contributed by atoms with Crippen molar-refractivity contribution >= 4 is 30.1 Å². The summed E-state index contributed by atoms with van der Waals surface area (Å²) >= 11 is 0. The number of benzene rings is 5. The molecule has 0 bridgehead atoms. The second kappa shape index (κ2) is 8.28. The average molecular weight is 450 g/mol. The molecule has 0 spiro atoms. The first kappa shape index (κ1) is 20.4. The molecule has 0 radical (unpaired) electrons. The van der Waals surface area contributed by atoms with E-state index in [0.717, 1.165) is 38.4 Å². The van der Waals surface area contributed by atoms with Gasteiger partial charge in [0.2, 0.25) is 0 Å². The summed E-state index contributed by atoms with van der Waals surface area (Å²) in [5.74, 6) is 0.805. The highest BCUT2D eigenvalue weighted by atomic mass is 31.2. The molecule has 33 heavy (non-hydrogen) atoms. The van der Waals surface area contributed by atoms with Crippen molar-refractivity contribution in [2.24, 2.45) is 0 Å². The first-order chi connectivity index (χ1) is 16.3. The van der Waals surface area contributed by atoms with Crippen LogP contribution < -0.4 is 4.52 Å². The van der Waals surface area contributed by atoms with Crippen LogP contribution in [0.1, 0.15) is 18.1 Å². The van der Waals surface area contributed by atoms with Crippen molar-refractivity contribution in [2.45, 2.75) is 18.6 Å². The highest BCUT2D eigenvalue weighted by Crippen LogP contribution is 2.60. The van der Waals surface area contributed by atoms with Crippen LogP contribution in [0.15, 0.2) is 115 Å². The van der Waals surface area contributed by atoms with Crippen molar-refractivity contribution in [3.8, 4) is 5.75 Å². The summed E-state index contributed by atoms with van der Waals surface area (Å²) < 4.78 is 19.8. The van der Waals surface area contributed by atoms with Gasteiger partial charge >= 0.3 is 8.60 Å². The van der Waals surface area contributed by atoms with Gasteiger partial charge in [-0.1, -0.05) is 109 Å². The molecule has 162 valence electrons. The molecule has 1 aliphatic heterocycles. The smallest absolute Gasteiger partial charge is 0.399 e. The minimum Gasteiger partial charge on any atom is -0.425 e. The molecule has 5 aromatic carbocycles. The van der Waals surface area contributed by atoms with Crippen molar-refractivity contribution in [1.29, 1.82) is 0 Å². The molecule has 1 heterocycles. The van der Waals surface area contributed by atoms with Crippen LogP contribution in [0.3, 0.4) is 0 Å². The Morgan fingerprint density at radius 2 is 1.15 bits per heavy atom. The SMILES string of the molecule is CC1OP(Oc2c3ccccc3cc3ccccc23)OC1(c1ccccc1)c1ccccc1. The molecule has 4 heteroatoms. The molecule has 2 atom stereocenters. The zero-order chi connectivity index (χ0) is 22.3. The van der Waals surface area contributed by atoms with Gasteiger partial charge in [-0.3, -0.25) is 9.05 Å². The zero-order valence-corrected chi connectivity index (χ0v) is 19.1. The van der Waals surface area contributed by atoms with E-state index in [9.17, 15) is 0 Å². The minimum atomic E-state index is -1.64. The Morgan fingerprint density at radius 1 is 0.667 bits per heavy atom. The van der Waals surface area contributed by atoms with Gasteiger partial charge < -0.3 is 4.52 Å². The quantitative estimate of drug-likeness (QED) is 0.205. The van der Waals surface area contributed by atoms with E-state index in [-0.39, 0.29) is 6.10 Å². The van der Waals surface area contributed by atoms with Crippen molar-refractivity contribution in [3.05, 3.63) is 126 Å². The maximum Gasteiger partial charge on any atom is 0.399 e. The van der Waals surface area contributed by atoms with Gasteiger partial charge in [0.05, 0.1) is 0 Å². The van der Waals surface area contributed by atoms with Crippen LogP contribution in [0.25, 0.3) is 21.5 Å². The van der Waals surface area contributed by atoms with E-state index in [0.29, 0.717) is 0 Å². The average Bonchev–Trinajstić information content (AvgIpc) is 3.21. The molecule has 0 N–H and O–H groups in total. The Labute approximate surface area is 194 Å². The highest BCUT2D eigenvalue weighted by Gasteiger charge is 2.52. The summed E-state index contributed by atoms with van der Waals surface area (Å²) in [6.45, 7) is 2.06. The van der Waals surface area contributed by atoms with Gasteiger partial charge in [0.25, 0.3) is 0 Å². The normalized spacial score (nSPS) is 19.7. The number of rotatable bonds is 4. The van der Waals surface area contributed by atoms with E-state index in [1.54, 1.807) is 0 Å². The first-order valence-corrected chi connectivity index (χ1v) is 12.2. The van der Waals surface area contributed by atoms with Gasteiger partial charge in [0.15, 0.2) is 5.60 Å². The molecule has 2 unspecified atom stereocenters. The monoisotopic (exact) mass is 450 g/mol. The molecule has 1 saturated heterocycles. The van der Waals surface area contributed by atoms with Crippen LogP contribution in [0.4, 0.5) is 0 Å². The van der Waals surface area contributed by atoms with Crippen LogP contribution >= 0.6 is 8.60 Å². The summed E-state index contributed by atoms with van der Waals surface area (Å²) in [4.78, 5) is 0. The molecule has 5 aromatic rings. The third kappa shape index (κ3) is 3.41. The summed E-state index contributed by atoms with van der Waals surface area (Å²) in [5, 5.41) is 4.36. The minimum absolute atomic E-state index is 0.227. The van der Waals surface area contributed by atoms with E-state index in [2.05, 4.69) is 61.5 Å². The molecule has 0 amide bonds. The fraction of sp³-hybridized carbons (Fsp3) is 0.103. The largest absolute Gasteiger partial charge is 0.425 e. The number of fused-ring (bicyclic) bond motifs is 2. The second-order valence-electron chi connectivity index (χ2n) is 8.27. The standard InChI is InChI=1S/C29H23O3P/c1-21-29(24-14-4-2-5-15-24,25-16-6-3-7-17-25)32-33(30-21)31-28-26-18-10-8-12-22(26)20-23-13-9-11-19-27(23)28/h2-21H,1H3. The maximum absolute atomic E-state index is 6.76. The molecule has 0 aliphatic carbocycles. The molecular weight excluding hydrogens is 427 g/mol. The molecule has 3 nitrogen and oxygen atoms in total. The van der Waals surface area contributed by atoms with Crippen molar-refractivity contribution in [2.75, 3.05) is 0 Å². The predicted octanol–water partition coefficient (Wildman–Crippen LogP) is 7.98. The van der Waals surface area contributed by atoms with Crippen molar-refractivity contribution < 1.29 is 13.6 Å². The van der Waals surface area contributed by atoms with E-state index in [1.165, 1.54) is 0 Å². The molecule has 0 aromatic heterocycles. The first-order valence-electron chi connectivity index (χ1n) is 11.1. The fourth-order valence-electron chi connectivity index (χ4n) is 4.71. The Morgan fingerprint density at radius 3 is 1.70 bits per heavy atom. The number of hydrogen-bond donors (Lipinski definition) is 0. The van der Waals surface area contributed by atoms with E-state index in [1.807, 2.05) is 60.7 Å². The summed E-state index contributed by atoms with van der Waals surface area (Å²) in [5.41, 5.74) is 1.37. The predicted molar refractivity (Wildman–Crippen MR) is 134 cm³/mol. The fourth-order valence-corrected chi connectivity index (χ4v) is 6.18. The summed E-state index contributed by atoms with van der Waals surface area (Å²) in [6.07, 6.45) is -0.227. The van der Waals surface area contributed by atoms with Crippen LogP contribution in [0, 0.1) is 0 Å². The van der Waals surface area contributed by atoms with Gasteiger partial charge in [0.1, 0.15) is 11.9 Å². The van der Waals surface area contributed by atoms with Crippen LogP contribution in [0.2, 0.25) is 0 Å². The lowest BCUT2D eigenvalue weighted by Gasteiger charge is -2.31. The van der Waals surface area contributed by atoms with Gasteiger partial charge in [0, 0.05) is 10.8 Å². The molecular formula is C29H23O3P. The molecule has 1 aliphatic rings. The highest BCUT2D eigenvalue weighted by molar-refractivity contribution is 7.42. The summed E-state index contributed by atoms with van der Waals surface area (Å²) in [7, 11) is -1.64. The van der Waals surface area contributed by atoms with Crippen LogP contribution in [0.5, 0.6) is 5.75 Å². The Balaban J connectivity index is 1.46. The van der Waals surface area contributed by atoms with Gasteiger partial charge in [-0.05, 0) is 34.9 Å². The van der Waals surface area contributed by atoms with Crippen LogP contribution in [-0.2, 0) is 14.6 Å². The van der Waals surface area contributed by atoms with Gasteiger partial charge in [-0.15, -0.1) is 0 Å². The van der Waals surface area contributed by atoms with Gasteiger partial charge in [-0.2, -0.15) is 0 Å². The van der Waals surface area contributed by atoms with E-state index >= 15 is 0 Å². The van der Waals surface area contributed by atoms with Crippen LogP contribution in [-0.4, -0.2) is 6.10 Å². The lowest BCUT2D eigenvalue weighted by atomic mass is 9.82. The summed E-state index contributed by atoms with van der Waals surface area (Å²) in [6, 6.07) is 39.3. The molecule has 1 fully saturated rings. The molecule has 0 saturated carbocycles. The topological polar surface area (TPSA) is 27.7 Å². The Bertz CT molecular complexity index is 1330. The van der Waals surface area contributed by atoms with Gasteiger partial charge in [-0.25, -0.2) is 0 Å². The van der Waals surface area contributed by atoms with E-state index in [4.69, 9.17) is 13.6 Å². The lowest BCUT2D eigenvalue weighted by molar-refractivity contribution is 0.0850. The maximum atomic E-state index is 6.76.